The standard InChI is InChI=1S/C25H34F2N4O4/c1-14(2)10-18(25(34)31-12-19(23(26)27)22-21(31)20(32)13-35-22)17-11-15(4-5-16(17)24(28)33)30-8-6-29(3)7-9-30/h4-5,11,14,18-19,21-23H,6-10,12-13H2,1-3H3,(H2,28,33)/t18-,19-,21+,22+/m0/s1. The van der Waals surface area contributed by atoms with Crippen molar-refractivity contribution in [3.05, 3.63) is 29.3 Å². The Balaban J connectivity index is 1.72. The van der Waals surface area contributed by atoms with Gasteiger partial charge in [0, 0.05) is 44.0 Å². The number of carbonyl (C=O) groups excluding carboxylic acids is 3. The summed E-state index contributed by atoms with van der Waals surface area (Å²) in [6.45, 7) is 6.74. The first-order chi connectivity index (χ1) is 16.6. The van der Waals surface area contributed by atoms with Crippen molar-refractivity contribution in [3.63, 3.8) is 0 Å². The number of fused-ring (bicyclic) bond motifs is 1. The van der Waals surface area contributed by atoms with E-state index in [2.05, 4.69) is 16.8 Å². The molecule has 1 aromatic carbocycles. The highest BCUT2D eigenvalue weighted by Crippen LogP contribution is 2.39. The van der Waals surface area contributed by atoms with Crippen LogP contribution in [-0.4, -0.2) is 92.3 Å². The molecule has 3 aliphatic rings. The van der Waals surface area contributed by atoms with E-state index in [1.54, 1.807) is 6.07 Å². The fraction of sp³-hybridized carbons (Fsp3) is 0.640. The summed E-state index contributed by atoms with van der Waals surface area (Å²) in [6.07, 6.45) is -3.33. The number of hydrogen-bond acceptors (Lipinski definition) is 6. The number of ether oxygens (including phenoxy) is 1. The molecule has 1 aromatic rings. The van der Waals surface area contributed by atoms with E-state index in [-0.39, 0.29) is 30.4 Å². The number of halogens is 2. The zero-order valence-electron chi connectivity index (χ0n) is 20.5. The van der Waals surface area contributed by atoms with Crippen LogP contribution in [0.25, 0.3) is 0 Å². The molecule has 3 fully saturated rings. The number of alkyl halides is 2. The molecule has 0 aromatic heterocycles. The molecular weight excluding hydrogens is 458 g/mol. The third-order valence-corrected chi connectivity index (χ3v) is 7.38. The number of Topliss-reactive ketones (excluding diaryl/α,β-unsaturated/α-hetero) is 1. The molecule has 8 nitrogen and oxygen atoms in total. The number of hydrogen-bond donors (Lipinski definition) is 1. The highest BCUT2D eigenvalue weighted by Gasteiger charge is 2.55. The van der Waals surface area contributed by atoms with Crippen LogP contribution in [0.3, 0.4) is 0 Å². The number of likely N-dealkylation sites (tertiary alicyclic amines) is 1. The van der Waals surface area contributed by atoms with Crippen LogP contribution in [0.2, 0.25) is 0 Å². The number of amides is 2. The van der Waals surface area contributed by atoms with E-state index in [1.807, 2.05) is 26.0 Å². The fourth-order valence-corrected chi connectivity index (χ4v) is 5.50. The maximum atomic E-state index is 13.9. The molecular formula is C25H34F2N4O4. The summed E-state index contributed by atoms with van der Waals surface area (Å²) in [6, 6.07) is 4.29. The smallest absolute Gasteiger partial charge is 0.249 e. The van der Waals surface area contributed by atoms with Crippen molar-refractivity contribution in [2.24, 2.45) is 17.6 Å². The Kier molecular flexibility index (Phi) is 7.42. The molecule has 3 heterocycles. The molecule has 2 N–H and O–H groups in total. The number of nitrogens with two attached hydrogens (primary N) is 1. The molecule has 3 aliphatic heterocycles. The predicted octanol–water partition coefficient (Wildman–Crippen LogP) is 1.73. The highest BCUT2D eigenvalue weighted by atomic mass is 19.3. The molecule has 0 aliphatic carbocycles. The van der Waals surface area contributed by atoms with Gasteiger partial charge >= 0.3 is 0 Å². The summed E-state index contributed by atoms with van der Waals surface area (Å²) >= 11 is 0. The molecule has 3 saturated heterocycles. The summed E-state index contributed by atoms with van der Waals surface area (Å²) in [5.41, 5.74) is 7.29. The summed E-state index contributed by atoms with van der Waals surface area (Å²) in [7, 11) is 2.06. The van der Waals surface area contributed by atoms with Gasteiger partial charge in [-0.25, -0.2) is 8.78 Å². The second-order valence-electron chi connectivity index (χ2n) is 10.3. The van der Waals surface area contributed by atoms with Crippen molar-refractivity contribution >= 4 is 23.3 Å². The molecule has 10 heteroatoms. The van der Waals surface area contributed by atoms with Crippen molar-refractivity contribution in [3.8, 4) is 0 Å². The van der Waals surface area contributed by atoms with Crippen LogP contribution in [0.15, 0.2) is 18.2 Å². The lowest BCUT2D eigenvalue weighted by molar-refractivity contribution is -0.138. The van der Waals surface area contributed by atoms with E-state index in [0.717, 1.165) is 31.9 Å². The van der Waals surface area contributed by atoms with Crippen LogP contribution < -0.4 is 10.6 Å². The number of nitrogens with zero attached hydrogens (tertiary/aromatic N) is 3. The van der Waals surface area contributed by atoms with Gasteiger partial charge in [-0.05, 0) is 43.1 Å². The number of benzene rings is 1. The minimum absolute atomic E-state index is 0.0665. The molecule has 4 rings (SSSR count). The lowest BCUT2D eigenvalue weighted by atomic mass is 9.85. The molecule has 35 heavy (non-hydrogen) atoms. The normalized spacial score (nSPS) is 26.0. The van der Waals surface area contributed by atoms with Gasteiger partial charge in [-0.1, -0.05) is 13.8 Å². The number of anilines is 1. The zero-order valence-corrected chi connectivity index (χ0v) is 20.5. The van der Waals surface area contributed by atoms with Crippen LogP contribution in [-0.2, 0) is 14.3 Å². The van der Waals surface area contributed by atoms with Gasteiger partial charge < -0.3 is 25.2 Å². The number of likely N-dealkylation sites (N-methyl/N-ethyl adjacent to an activating group) is 1. The van der Waals surface area contributed by atoms with Gasteiger partial charge in [0.25, 0.3) is 0 Å². The molecule has 0 unspecified atom stereocenters. The summed E-state index contributed by atoms with van der Waals surface area (Å²) < 4.78 is 32.8. The molecule has 2 amide bonds. The first-order valence-corrected chi connectivity index (χ1v) is 12.2. The number of rotatable bonds is 7. The first-order valence-electron chi connectivity index (χ1n) is 12.2. The van der Waals surface area contributed by atoms with Gasteiger partial charge in [-0.15, -0.1) is 0 Å². The topological polar surface area (TPSA) is 96.2 Å². The van der Waals surface area contributed by atoms with Crippen molar-refractivity contribution in [2.45, 2.75) is 44.8 Å². The first kappa shape index (κ1) is 25.5. The van der Waals surface area contributed by atoms with Gasteiger partial charge in [0.05, 0.1) is 17.9 Å². The molecule has 4 atom stereocenters. The van der Waals surface area contributed by atoms with Crippen molar-refractivity contribution < 1.29 is 27.9 Å². The van der Waals surface area contributed by atoms with Crippen molar-refractivity contribution in [1.29, 1.82) is 0 Å². The molecule has 0 saturated carbocycles. The van der Waals surface area contributed by atoms with Gasteiger partial charge in [0.2, 0.25) is 18.2 Å². The number of primary amides is 1. The molecule has 192 valence electrons. The Morgan fingerprint density at radius 3 is 2.46 bits per heavy atom. The highest BCUT2D eigenvalue weighted by molar-refractivity contribution is 5.99. The maximum absolute atomic E-state index is 13.9. The lowest BCUT2D eigenvalue weighted by Crippen LogP contribution is -2.45. The van der Waals surface area contributed by atoms with E-state index in [0.29, 0.717) is 12.0 Å². The zero-order chi connectivity index (χ0) is 25.4. The second kappa shape index (κ2) is 10.2. The molecule has 0 spiro atoms. The van der Waals surface area contributed by atoms with E-state index in [9.17, 15) is 23.2 Å². The van der Waals surface area contributed by atoms with E-state index >= 15 is 0 Å². The summed E-state index contributed by atoms with van der Waals surface area (Å²) in [5.74, 6) is -3.41. The van der Waals surface area contributed by atoms with E-state index in [4.69, 9.17) is 10.5 Å². The van der Waals surface area contributed by atoms with E-state index in [1.165, 1.54) is 4.90 Å². The van der Waals surface area contributed by atoms with Crippen LogP contribution in [0.5, 0.6) is 0 Å². The van der Waals surface area contributed by atoms with Gasteiger partial charge in [0.1, 0.15) is 12.6 Å². The number of ketones is 1. The van der Waals surface area contributed by atoms with Crippen LogP contribution in [0, 0.1) is 11.8 Å². The van der Waals surface area contributed by atoms with Gasteiger partial charge in [-0.3, -0.25) is 14.4 Å². The average Bonchev–Trinajstić information content (AvgIpc) is 3.38. The van der Waals surface area contributed by atoms with Gasteiger partial charge in [0.15, 0.2) is 5.78 Å². The Bertz CT molecular complexity index is 980. The van der Waals surface area contributed by atoms with Gasteiger partial charge in [-0.2, -0.15) is 0 Å². The van der Waals surface area contributed by atoms with Crippen LogP contribution in [0.1, 0.15) is 42.1 Å². The predicted molar refractivity (Wildman–Crippen MR) is 127 cm³/mol. The second-order valence-corrected chi connectivity index (χ2v) is 10.3. The number of carbonyl (C=O) groups is 3. The lowest BCUT2D eigenvalue weighted by Gasteiger charge is -2.35. The van der Waals surface area contributed by atoms with Crippen molar-refractivity contribution in [2.75, 3.05) is 51.3 Å². The van der Waals surface area contributed by atoms with Crippen LogP contribution in [0.4, 0.5) is 14.5 Å². The molecule has 0 bridgehead atoms. The van der Waals surface area contributed by atoms with E-state index < -0.39 is 42.2 Å². The Labute approximate surface area is 204 Å². The minimum Gasteiger partial charge on any atom is -0.369 e. The van der Waals surface area contributed by atoms with Crippen LogP contribution >= 0.6 is 0 Å². The maximum Gasteiger partial charge on any atom is 0.249 e. The minimum atomic E-state index is -2.71. The van der Waals surface area contributed by atoms with Crippen molar-refractivity contribution in [1.82, 2.24) is 9.80 Å². The quantitative estimate of drug-likeness (QED) is 0.623. The summed E-state index contributed by atoms with van der Waals surface area (Å²) in [4.78, 5) is 44.5. The Hall–Kier alpha value is -2.59. The Morgan fingerprint density at radius 1 is 1.17 bits per heavy atom. The third kappa shape index (κ3) is 5.04. The Morgan fingerprint density at radius 2 is 1.86 bits per heavy atom. The summed E-state index contributed by atoms with van der Waals surface area (Å²) in [5, 5.41) is 0. The number of piperazine rings is 1. The fourth-order valence-electron chi connectivity index (χ4n) is 5.50. The largest absolute Gasteiger partial charge is 0.369 e. The monoisotopic (exact) mass is 492 g/mol. The SMILES string of the molecule is CC(C)C[C@H](C(=O)N1C[C@H](C(F)F)[C@H]2OCC(=O)[C@H]21)c1cc(N2CCN(C)CC2)ccc1C(N)=O. The average molecular weight is 493 g/mol. The third-order valence-electron chi connectivity index (χ3n) is 7.38. The molecule has 0 radical (unpaired) electrons.